The van der Waals surface area contributed by atoms with Crippen molar-refractivity contribution in [2.75, 3.05) is 6.26 Å². The van der Waals surface area contributed by atoms with Gasteiger partial charge in [0.1, 0.15) is 4.90 Å². The third kappa shape index (κ3) is 2.44. The van der Waals surface area contributed by atoms with Crippen LogP contribution in [0.3, 0.4) is 0 Å². The summed E-state index contributed by atoms with van der Waals surface area (Å²) in [5.74, 6) is 0. The zero-order valence-corrected chi connectivity index (χ0v) is 11.1. The van der Waals surface area contributed by atoms with E-state index < -0.39 is 9.84 Å². The van der Waals surface area contributed by atoms with Crippen LogP contribution >= 0.6 is 0 Å². The Morgan fingerprint density at radius 3 is 2.67 bits per heavy atom. The lowest BCUT2D eigenvalue weighted by Crippen LogP contribution is -2.05. The summed E-state index contributed by atoms with van der Waals surface area (Å²) in [6.45, 7) is 2.34. The first kappa shape index (κ1) is 12.8. The summed E-state index contributed by atoms with van der Waals surface area (Å²) < 4.78 is 24.4. The van der Waals surface area contributed by atoms with Crippen molar-refractivity contribution < 1.29 is 8.42 Å². The summed E-state index contributed by atoms with van der Waals surface area (Å²) in [6, 6.07) is 5.82. The monoisotopic (exact) mass is 265 g/mol. The molecule has 0 fully saturated rings. The Morgan fingerprint density at radius 2 is 2.11 bits per heavy atom. The van der Waals surface area contributed by atoms with Crippen LogP contribution in [0.2, 0.25) is 0 Å². The predicted octanol–water partition coefficient (Wildman–Crippen LogP) is 1.04. The highest BCUT2D eigenvalue weighted by atomic mass is 32.2. The molecule has 0 spiro atoms. The second-order valence-corrected chi connectivity index (χ2v) is 6.24. The van der Waals surface area contributed by atoms with Crippen molar-refractivity contribution in [3.8, 4) is 5.69 Å². The van der Waals surface area contributed by atoms with Gasteiger partial charge in [-0.15, -0.1) is 0 Å². The molecule has 96 valence electrons. The van der Waals surface area contributed by atoms with Crippen LogP contribution in [0.25, 0.3) is 5.69 Å². The van der Waals surface area contributed by atoms with Gasteiger partial charge in [0.05, 0.1) is 11.9 Å². The van der Waals surface area contributed by atoms with Gasteiger partial charge in [-0.05, 0) is 24.1 Å². The van der Waals surface area contributed by atoms with Crippen molar-refractivity contribution in [1.82, 2.24) is 9.78 Å². The highest BCUT2D eigenvalue weighted by Crippen LogP contribution is 2.17. The molecular weight excluding hydrogens is 250 g/mol. The number of sulfone groups is 1. The van der Waals surface area contributed by atoms with E-state index in [9.17, 15) is 8.42 Å². The molecule has 2 aromatic rings. The standard InChI is InChI=1S/C12H15N3O2S/c1-9-3-4-10(6-13)12(5-9)15-8-11(7-14-15)18(2,16)17/h3-5,7-8H,6,13H2,1-2H3. The second-order valence-electron chi connectivity index (χ2n) is 4.23. The Hall–Kier alpha value is -1.66. The van der Waals surface area contributed by atoms with Gasteiger partial charge in [0.25, 0.3) is 0 Å². The molecule has 0 bridgehead atoms. The van der Waals surface area contributed by atoms with Gasteiger partial charge in [-0.25, -0.2) is 13.1 Å². The summed E-state index contributed by atoms with van der Waals surface area (Å²) in [7, 11) is -3.23. The molecule has 0 aliphatic carbocycles. The van der Waals surface area contributed by atoms with E-state index in [-0.39, 0.29) is 4.90 Å². The molecule has 0 saturated carbocycles. The molecule has 1 heterocycles. The van der Waals surface area contributed by atoms with Crippen LogP contribution < -0.4 is 5.73 Å². The Bertz CT molecular complexity index is 674. The van der Waals surface area contributed by atoms with Gasteiger partial charge in [-0.3, -0.25) is 0 Å². The maximum absolute atomic E-state index is 11.4. The van der Waals surface area contributed by atoms with Crippen molar-refractivity contribution >= 4 is 9.84 Å². The second kappa shape index (κ2) is 4.55. The maximum atomic E-state index is 11.4. The maximum Gasteiger partial charge on any atom is 0.178 e. The fourth-order valence-electron chi connectivity index (χ4n) is 1.69. The van der Waals surface area contributed by atoms with Gasteiger partial charge in [0.2, 0.25) is 0 Å². The number of nitrogens with zero attached hydrogens (tertiary/aromatic N) is 2. The minimum absolute atomic E-state index is 0.201. The summed E-state index contributed by atoms with van der Waals surface area (Å²) in [4.78, 5) is 0.201. The van der Waals surface area contributed by atoms with E-state index in [0.29, 0.717) is 6.54 Å². The number of hydrogen-bond donors (Lipinski definition) is 1. The van der Waals surface area contributed by atoms with Crippen LogP contribution in [0, 0.1) is 6.92 Å². The number of aromatic nitrogens is 2. The topological polar surface area (TPSA) is 78.0 Å². The zero-order valence-electron chi connectivity index (χ0n) is 10.3. The van der Waals surface area contributed by atoms with Crippen molar-refractivity contribution in [3.05, 3.63) is 41.7 Å². The molecule has 0 saturated heterocycles. The third-order valence-electron chi connectivity index (χ3n) is 2.69. The minimum Gasteiger partial charge on any atom is -0.326 e. The smallest absolute Gasteiger partial charge is 0.178 e. The van der Waals surface area contributed by atoms with Crippen molar-refractivity contribution in [3.63, 3.8) is 0 Å². The number of hydrogen-bond acceptors (Lipinski definition) is 4. The van der Waals surface area contributed by atoms with E-state index in [1.54, 1.807) is 4.68 Å². The summed E-state index contributed by atoms with van der Waals surface area (Å²) in [5, 5.41) is 4.08. The number of aryl methyl sites for hydroxylation is 1. The first-order valence-corrected chi connectivity index (χ1v) is 7.35. The zero-order chi connectivity index (χ0) is 13.3. The fraction of sp³-hybridized carbons (Fsp3) is 0.250. The van der Waals surface area contributed by atoms with E-state index in [1.807, 2.05) is 25.1 Å². The lowest BCUT2D eigenvalue weighted by Gasteiger charge is -2.08. The quantitative estimate of drug-likeness (QED) is 0.899. The van der Waals surface area contributed by atoms with Gasteiger partial charge in [0, 0.05) is 19.0 Å². The van der Waals surface area contributed by atoms with E-state index in [4.69, 9.17) is 5.73 Å². The summed E-state index contributed by atoms with van der Waals surface area (Å²) in [5.41, 5.74) is 8.47. The van der Waals surface area contributed by atoms with Crippen LogP contribution in [0.1, 0.15) is 11.1 Å². The first-order chi connectivity index (χ1) is 8.41. The molecule has 0 aliphatic rings. The molecule has 2 N–H and O–H groups in total. The fourth-order valence-corrected chi connectivity index (χ4v) is 2.22. The van der Waals surface area contributed by atoms with Gasteiger partial charge in [0.15, 0.2) is 9.84 Å². The predicted molar refractivity (Wildman–Crippen MR) is 69.3 cm³/mol. The van der Waals surface area contributed by atoms with Crippen LogP contribution in [-0.4, -0.2) is 24.5 Å². The lowest BCUT2D eigenvalue weighted by atomic mass is 10.1. The van der Waals surface area contributed by atoms with Crippen LogP contribution in [0.15, 0.2) is 35.5 Å². The molecule has 0 unspecified atom stereocenters. The van der Waals surface area contributed by atoms with E-state index in [1.165, 1.54) is 12.4 Å². The van der Waals surface area contributed by atoms with Gasteiger partial charge < -0.3 is 5.73 Å². The van der Waals surface area contributed by atoms with Gasteiger partial charge in [-0.2, -0.15) is 5.10 Å². The van der Waals surface area contributed by atoms with Crippen LogP contribution in [0.5, 0.6) is 0 Å². The molecule has 0 aliphatic heterocycles. The molecule has 2 rings (SSSR count). The molecular formula is C12H15N3O2S. The lowest BCUT2D eigenvalue weighted by molar-refractivity contribution is 0.602. The van der Waals surface area contributed by atoms with Gasteiger partial charge in [-0.1, -0.05) is 12.1 Å². The van der Waals surface area contributed by atoms with Crippen molar-refractivity contribution in [1.29, 1.82) is 0 Å². The minimum atomic E-state index is -3.23. The highest BCUT2D eigenvalue weighted by molar-refractivity contribution is 7.90. The Labute approximate surface area is 106 Å². The third-order valence-corrected chi connectivity index (χ3v) is 3.76. The van der Waals surface area contributed by atoms with Crippen LogP contribution in [0.4, 0.5) is 0 Å². The largest absolute Gasteiger partial charge is 0.326 e. The number of rotatable bonds is 3. The molecule has 1 aromatic carbocycles. The normalized spacial score (nSPS) is 11.7. The first-order valence-electron chi connectivity index (χ1n) is 5.46. The highest BCUT2D eigenvalue weighted by Gasteiger charge is 2.12. The molecule has 1 aromatic heterocycles. The van der Waals surface area contributed by atoms with Crippen molar-refractivity contribution in [2.45, 2.75) is 18.4 Å². The van der Waals surface area contributed by atoms with Crippen LogP contribution in [-0.2, 0) is 16.4 Å². The van der Waals surface area contributed by atoms with E-state index in [2.05, 4.69) is 5.10 Å². The molecule has 0 amide bonds. The summed E-state index contributed by atoms with van der Waals surface area (Å²) >= 11 is 0. The molecule has 0 atom stereocenters. The number of nitrogens with two attached hydrogens (primary N) is 1. The average Bonchev–Trinajstić information content (AvgIpc) is 2.77. The SMILES string of the molecule is Cc1ccc(CN)c(-n2cc(S(C)(=O)=O)cn2)c1. The average molecular weight is 265 g/mol. The Morgan fingerprint density at radius 1 is 1.39 bits per heavy atom. The number of benzene rings is 1. The summed E-state index contributed by atoms with van der Waals surface area (Å²) in [6.07, 6.45) is 4.01. The van der Waals surface area contributed by atoms with E-state index in [0.717, 1.165) is 23.1 Å². The van der Waals surface area contributed by atoms with E-state index >= 15 is 0 Å². The molecule has 5 nitrogen and oxygen atoms in total. The Balaban J connectivity index is 2.55. The van der Waals surface area contributed by atoms with Gasteiger partial charge >= 0.3 is 0 Å². The Kier molecular flexibility index (Phi) is 3.23. The molecule has 0 radical (unpaired) electrons. The molecule has 18 heavy (non-hydrogen) atoms. The van der Waals surface area contributed by atoms with Crippen molar-refractivity contribution in [2.24, 2.45) is 5.73 Å². The molecule has 6 heteroatoms.